The van der Waals surface area contributed by atoms with E-state index in [2.05, 4.69) is 10.3 Å². The minimum Gasteiger partial charge on any atom is -0.302 e. The van der Waals surface area contributed by atoms with Gasteiger partial charge in [-0.2, -0.15) is 0 Å². The molecule has 0 atom stereocenters. The summed E-state index contributed by atoms with van der Waals surface area (Å²) in [6, 6.07) is 11.8. The first-order valence-electron chi connectivity index (χ1n) is 7.94. The van der Waals surface area contributed by atoms with E-state index >= 15 is 0 Å². The minimum atomic E-state index is -3.31. The third kappa shape index (κ3) is 4.06. The number of fused-ring (bicyclic) bond motifs is 1. The number of sulfone groups is 1. The summed E-state index contributed by atoms with van der Waals surface area (Å²) in [6.07, 6.45) is 0.138. The molecule has 3 rings (SSSR count). The van der Waals surface area contributed by atoms with Crippen LogP contribution in [-0.2, 0) is 21.1 Å². The number of carbonyl (C=O) groups excluding carboxylic acids is 1. The van der Waals surface area contributed by atoms with E-state index in [9.17, 15) is 13.2 Å². The van der Waals surface area contributed by atoms with Crippen LogP contribution in [0.4, 0.5) is 5.13 Å². The van der Waals surface area contributed by atoms with Gasteiger partial charge in [0.1, 0.15) is 0 Å². The SMILES string of the molecule is CC(C)S(=O)(=O)c1ccc(CC(=O)Nc2nc3ccc(Cl)cc3s2)cc1. The van der Waals surface area contributed by atoms with Gasteiger partial charge in [0.05, 0.1) is 26.8 Å². The van der Waals surface area contributed by atoms with E-state index in [-0.39, 0.29) is 17.2 Å². The van der Waals surface area contributed by atoms with Gasteiger partial charge >= 0.3 is 0 Å². The number of anilines is 1. The molecule has 0 spiro atoms. The lowest BCUT2D eigenvalue weighted by Crippen LogP contribution is -2.15. The maximum atomic E-state index is 12.2. The Morgan fingerprint density at radius 1 is 1.19 bits per heavy atom. The minimum absolute atomic E-state index is 0.138. The maximum absolute atomic E-state index is 12.2. The Labute approximate surface area is 160 Å². The zero-order valence-corrected chi connectivity index (χ0v) is 16.6. The number of nitrogens with one attached hydrogen (secondary N) is 1. The predicted molar refractivity (Wildman–Crippen MR) is 106 cm³/mol. The van der Waals surface area contributed by atoms with E-state index < -0.39 is 15.1 Å². The van der Waals surface area contributed by atoms with Gasteiger partial charge in [-0.1, -0.05) is 35.1 Å². The van der Waals surface area contributed by atoms with Crippen LogP contribution < -0.4 is 5.32 Å². The summed E-state index contributed by atoms with van der Waals surface area (Å²) < 4.78 is 25.1. The van der Waals surface area contributed by atoms with Crippen LogP contribution in [0.1, 0.15) is 19.4 Å². The fourth-order valence-electron chi connectivity index (χ4n) is 2.37. The maximum Gasteiger partial charge on any atom is 0.230 e. The molecule has 26 heavy (non-hydrogen) atoms. The highest BCUT2D eigenvalue weighted by atomic mass is 35.5. The van der Waals surface area contributed by atoms with Crippen molar-refractivity contribution in [2.45, 2.75) is 30.4 Å². The van der Waals surface area contributed by atoms with Gasteiger partial charge in [-0.15, -0.1) is 0 Å². The van der Waals surface area contributed by atoms with E-state index in [1.54, 1.807) is 44.2 Å². The zero-order valence-electron chi connectivity index (χ0n) is 14.2. The summed E-state index contributed by atoms with van der Waals surface area (Å²) in [4.78, 5) is 16.8. The normalized spacial score (nSPS) is 11.8. The summed E-state index contributed by atoms with van der Waals surface area (Å²) in [7, 11) is -3.31. The number of thiazole rings is 1. The van der Waals surface area contributed by atoms with Gasteiger partial charge in [0.15, 0.2) is 15.0 Å². The van der Waals surface area contributed by atoms with E-state index in [0.29, 0.717) is 10.2 Å². The number of rotatable bonds is 5. The number of carbonyl (C=O) groups is 1. The topological polar surface area (TPSA) is 76.1 Å². The largest absolute Gasteiger partial charge is 0.302 e. The molecule has 0 radical (unpaired) electrons. The smallest absolute Gasteiger partial charge is 0.230 e. The quantitative estimate of drug-likeness (QED) is 0.682. The molecule has 0 unspecified atom stereocenters. The Morgan fingerprint density at radius 3 is 2.54 bits per heavy atom. The van der Waals surface area contributed by atoms with E-state index in [0.717, 1.165) is 15.8 Å². The second-order valence-electron chi connectivity index (χ2n) is 6.09. The van der Waals surface area contributed by atoms with Crippen molar-refractivity contribution in [2.24, 2.45) is 0 Å². The van der Waals surface area contributed by atoms with Gasteiger partial charge < -0.3 is 5.32 Å². The molecule has 0 saturated heterocycles. The highest BCUT2D eigenvalue weighted by Crippen LogP contribution is 2.28. The number of benzene rings is 2. The van der Waals surface area contributed by atoms with E-state index in [1.807, 2.05) is 0 Å². The lowest BCUT2D eigenvalue weighted by Gasteiger charge is -2.08. The lowest BCUT2D eigenvalue weighted by molar-refractivity contribution is -0.115. The summed E-state index contributed by atoms with van der Waals surface area (Å²) >= 11 is 7.31. The molecule has 2 aromatic carbocycles. The summed E-state index contributed by atoms with van der Waals surface area (Å²) in [5, 5.41) is 3.41. The van der Waals surface area contributed by atoms with E-state index in [1.165, 1.54) is 23.5 Å². The molecule has 5 nitrogen and oxygen atoms in total. The van der Waals surface area contributed by atoms with Crippen molar-refractivity contribution in [3.63, 3.8) is 0 Å². The predicted octanol–water partition coefficient (Wildman–Crippen LogP) is 4.31. The number of hydrogen-bond acceptors (Lipinski definition) is 5. The molecule has 0 bridgehead atoms. The van der Waals surface area contributed by atoms with E-state index in [4.69, 9.17) is 11.6 Å². The van der Waals surface area contributed by atoms with Crippen LogP contribution in [0, 0.1) is 0 Å². The average molecular weight is 409 g/mol. The van der Waals surface area contributed by atoms with Crippen LogP contribution in [0.3, 0.4) is 0 Å². The zero-order chi connectivity index (χ0) is 18.9. The number of hydrogen-bond donors (Lipinski definition) is 1. The van der Waals surface area contributed by atoms with Crippen LogP contribution in [0.2, 0.25) is 5.02 Å². The molecule has 0 fully saturated rings. The number of amides is 1. The Morgan fingerprint density at radius 2 is 1.88 bits per heavy atom. The van der Waals surface area contributed by atoms with Gasteiger partial charge in [-0.3, -0.25) is 4.79 Å². The molecule has 8 heteroatoms. The fraction of sp³-hybridized carbons (Fsp3) is 0.222. The molecule has 1 N–H and O–H groups in total. The molecule has 1 amide bonds. The first-order chi connectivity index (χ1) is 12.3. The first-order valence-corrected chi connectivity index (χ1v) is 10.7. The first kappa shape index (κ1) is 18.8. The summed E-state index contributed by atoms with van der Waals surface area (Å²) in [6.45, 7) is 3.28. The van der Waals surface area contributed by atoms with Crippen molar-refractivity contribution in [1.29, 1.82) is 0 Å². The molecule has 136 valence electrons. The van der Waals surface area contributed by atoms with Crippen molar-refractivity contribution in [1.82, 2.24) is 4.98 Å². The van der Waals surface area contributed by atoms with Gasteiger partial charge in [0.2, 0.25) is 5.91 Å². The number of halogens is 1. The molecule has 0 saturated carbocycles. The second-order valence-corrected chi connectivity index (χ2v) is 10.1. The Hall–Kier alpha value is -1.96. The Bertz CT molecular complexity index is 1060. The molecular formula is C18H17ClN2O3S2. The molecule has 0 aliphatic rings. The molecule has 1 heterocycles. The lowest BCUT2D eigenvalue weighted by atomic mass is 10.1. The van der Waals surface area contributed by atoms with Crippen LogP contribution in [0.5, 0.6) is 0 Å². The van der Waals surface area contributed by atoms with Gasteiger partial charge in [-0.05, 0) is 49.7 Å². The molecular weight excluding hydrogens is 392 g/mol. The van der Waals surface area contributed by atoms with Crippen LogP contribution in [0.15, 0.2) is 47.4 Å². The standard InChI is InChI=1S/C18H17ClN2O3S2/c1-11(2)26(23,24)14-6-3-12(4-7-14)9-17(22)21-18-20-15-8-5-13(19)10-16(15)25-18/h3-8,10-11H,9H2,1-2H3,(H,20,21,22). The highest BCUT2D eigenvalue weighted by molar-refractivity contribution is 7.92. The van der Waals surface area contributed by atoms with Crippen molar-refractivity contribution in [2.75, 3.05) is 5.32 Å². The van der Waals surface area contributed by atoms with Gasteiger partial charge in [-0.25, -0.2) is 13.4 Å². The number of aromatic nitrogens is 1. The number of nitrogens with zero attached hydrogens (tertiary/aromatic N) is 1. The molecule has 0 aliphatic carbocycles. The van der Waals surface area contributed by atoms with Crippen LogP contribution in [-0.4, -0.2) is 24.6 Å². The van der Waals surface area contributed by atoms with Crippen molar-refractivity contribution in [3.05, 3.63) is 53.1 Å². The average Bonchev–Trinajstić information content (AvgIpc) is 2.96. The highest BCUT2D eigenvalue weighted by Gasteiger charge is 2.19. The molecule has 0 aliphatic heterocycles. The molecule has 3 aromatic rings. The van der Waals surface area contributed by atoms with Gasteiger partial charge in [0.25, 0.3) is 0 Å². The molecule has 1 aromatic heterocycles. The summed E-state index contributed by atoms with van der Waals surface area (Å²) in [5.41, 5.74) is 1.51. The van der Waals surface area contributed by atoms with Crippen molar-refractivity contribution < 1.29 is 13.2 Å². The second kappa shape index (κ2) is 7.34. The Balaban J connectivity index is 1.69. The van der Waals surface area contributed by atoms with Gasteiger partial charge in [0, 0.05) is 5.02 Å². The summed E-state index contributed by atoms with van der Waals surface area (Å²) in [5.74, 6) is -0.213. The third-order valence-corrected chi connectivity index (χ3v) is 7.17. The van der Waals surface area contributed by atoms with Crippen molar-refractivity contribution in [3.8, 4) is 0 Å². The third-order valence-electron chi connectivity index (χ3n) is 3.83. The Kier molecular flexibility index (Phi) is 5.32. The van der Waals surface area contributed by atoms with Crippen LogP contribution >= 0.6 is 22.9 Å². The fourth-order valence-corrected chi connectivity index (χ4v) is 4.59. The van der Waals surface area contributed by atoms with Crippen molar-refractivity contribution >= 4 is 54.0 Å². The van der Waals surface area contributed by atoms with Crippen LogP contribution in [0.25, 0.3) is 10.2 Å². The monoisotopic (exact) mass is 408 g/mol.